The number of nitrogens with zero attached hydrogens (tertiary/aromatic N) is 1. The molecule has 2 aromatic rings. The average molecular weight is 367 g/mol. The lowest BCUT2D eigenvalue weighted by Crippen LogP contribution is -2.49. The zero-order valence-corrected chi connectivity index (χ0v) is 14.8. The maximum absolute atomic E-state index is 12.4. The van der Waals surface area contributed by atoms with Crippen LogP contribution in [0.5, 0.6) is 0 Å². The third-order valence-corrected chi connectivity index (χ3v) is 5.03. The van der Waals surface area contributed by atoms with Crippen molar-refractivity contribution in [2.75, 3.05) is 19.6 Å². The van der Waals surface area contributed by atoms with Crippen LogP contribution in [0.1, 0.15) is 34.0 Å². The minimum atomic E-state index is -0.153. The number of carbonyl (C=O) groups excluding carboxylic acids is 3. The number of amides is 3. The lowest BCUT2D eigenvalue weighted by molar-refractivity contribution is -0.123. The van der Waals surface area contributed by atoms with Gasteiger partial charge in [-0.05, 0) is 36.2 Å². The molecule has 1 aliphatic carbocycles. The van der Waals surface area contributed by atoms with Crippen molar-refractivity contribution in [1.29, 1.82) is 0 Å². The molecule has 7 heteroatoms. The lowest BCUT2D eigenvalue weighted by atomic mass is 10.1. The van der Waals surface area contributed by atoms with Gasteiger partial charge < -0.3 is 20.0 Å². The van der Waals surface area contributed by atoms with Crippen molar-refractivity contribution in [3.63, 3.8) is 0 Å². The first kappa shape index (κ1) is 17.3. The van der Waals surface area contributed by atoms with E-state index >= 15 is 0 Å². The van der Waals surface area contributed by atoms with E-state index in [0.29, 0.717) is 25.2 Å². The van der Waals surface area contributed by atoms with Gasteiger partial charge in [0.05, 0.1) is 12.8 Å². The summed E-state index contributed by atoms with van der Waals surface area (Å²) < 4.78 is 5.35. The molecular formula is C20H21N3O4. The van der Waals surface area contributed by atoms with E-state index in [4.69, 9.17) is 4.42 Å². The zero-order valence-electron chi connectivity index (χ0n) is 14.8. The van der Waals surface area contributed by atoms with E-state index in [0.717, 1.165) is 17.7 Å². The van der Waals surface area contributed by atoms with Crippen LogP contribution in [0.2, 0.25) is 0 Å². The smallest absolute Gasteiger partial charge is 0.254 e. The molecule has 0 spiro atoms. The van der Waals surface area contributed by atoms with Crippen LogP contribution in [0.25, 0.3) is 0 Å². The van der Waals surface area contributed by atoms with E-state index in [9.17, 15) is 14.4 Å². The second-order valence-electron chi connectivity index (χ2n) is 6.96. The van der Waals surface area contributed by atoms with Crippen molar-refractivity contribution in [2.45, 2.75) is 18.9 Å². The standard InChI is InChI=1S/C20H21N3O4/c24-18-12-23(8-7-21-18)20(26)14-5-3-13(4-6-14)11-22-19(25)16-10-15(16)17-2-1-9-27-17/h1-6,9,15-16H,7-8,10-12H2,(H,21,24)(H,22,25)/t15-,16+/m0/s1. The summed E-state index contributed by atoms with van der Waals surface area (Å²) in [7, 11) is 0. The van der Waals surface area contributed by atoms with Gasteiger partial charge in [-0.3, -0.25) is 14.4 Å². The Morgan fingerprint density at radius 2 is 2.04 bits per heavy atom. The van der Waals surface area contributed by atoms with Crippen molar-refractivity contribution >= 4 is 17.7 Å². The van der Waals surface area contributed by atoms with Gasteiger partial charge in [0, 0.05) is 37.0 Å². The molecule has 7 nitrogen and oxygen atoms in total. The molecule has 1 aromatic heterocycles. The Balaban J connectivity index is 1.29. The van der Waals surface area contributed by atoms with Crippen molar-refractivity contribution in [1.82, 2.24) is 15.5 Å². The Hall–Kier alpha value is -3.09. The third-order valence-electron chi connectivity index (χ3n) is 5.03. The maximum atomic E-state index is 12.4. The molecule has 1 saturated carbocycles. The highest BCUT2D eigenvalue weighted by atomic mass is 16.3. The lowest BCUT2D eigenvalue weighted by Gasteiger charge is -2.26. The van der Waals surface area contributed by atoms with E-state index in [-0.39, 0.29) is 36.1 Å². The summed E-state index contributed by atoms with van der Waals surface area (Å²) in [6.07, 6.45) is 2.44. The van der Waals surface area contributed by atoms with Crippen LogP contribution < -0.4 is 10.6 Å². The number of piperazine rings is 1. The summed E-state index contributed by atoms with van der Waals surface area (Å²) in [6, 6.07) is 10.9. The molecule has 1 saturated heterocycles. The number of carbonyl (C=O) groups is 3. The first-order valence-electron chi connectivity index (χ1n) is 9.08. The molecule has 140 valence electrons. The van der Waals surface area contributed by atoms with Crippen LogP contribution in [0, 0.1) is 5.92 Å². The molecular weight excluding hydrogens is 346 g/mol. The van der Waals surface area contributed by atoms with Crippen LogP contribution >= 0.6 is 0 Å². The fourth-order valence-corrected chi connectivity index (χ4v) is 3.38. The van der Waals surface area contributed by atoms with Crippen molar-refractivity contribution < 1.29 is 18.8 Å². The zero-order chi connectivity index (χ0) is 18.8. The number of benzene rings is 1. The van der Waals surface area contributed by atoms with Gasteiger partial charge in [-0.25, -0.2) is 0 Å². The quantitative estimate of drug-likeness (QED) is 0.833. The van der Waals surface area contributed by atoms with Gasteiger partial charge in [-0.15, -0.1) is 0 Å². The first-order chi connectivity index (χ1) is 13.1. The Morgan fingerprint density at radius 1 is 1.22 bits per heavy atom. The number of hydrogen-bond acceptors (Lipinski definition) is 4. The highest BCUT2D eigenvalue weighted by Gasteiger charge is 2.45. The van der Waals surface area contributed by atoms with Crippen molar-refractivity contribution in [3.8, 4) is 0 Å². The molecule has 0 radical (unpaired) electrons. The monoisotopic (exact) mass is 367 g/mol. The minimum Gasteiger partial charge on any atom is -0.469 e. The van der Waals surface area contributed by atoms with Gasteiger partial charge in [0.1, 0.15) is 5.76 Å². The number of rotatable bonds is 5. The molecule has 3 amide bonds. The highest BCUT2D eigenvalue weighted by molar-refractivity contribution is 5.97. The molecule has 0 bridgehead atoms. The minimum absolute atomic E-state index is 0.0240. The third kappa shape index (κ3) is 3.86. The van der Waals surface area contributed by atoms with E-state index in [1.54, 1.807) is 18.4 Å². The van der Waals surface area contributed by atoms with Crippen LogP contribution in [0.4, 0.5) is 0 Å². The van der Waals surface area contributed by atoms with E-state index in [1.165, 1.54) is 4.90 Å². The number of hydrogen-bond donors (Lipinski definition) is 2. The summed E-state index contributed by atoms with van der Waals surface area (Å²) in [5, 5.41) is 5.64. The topological polar surface area (TPSA) is 91.7 Å². The molecule has 2 atom stereocenters. The summed E-state index contributed by atoms with van der Waals surface area (Å²) in [6.45, 7) is 1.51. The Labute approximate surface area is 156 Å². The summed E-state index contributed by atoms with van der Waals surface area (Å²) in [4.78, 5) is 37.6. The molecule has 1 aliphatic heterocycles. The normalized spacial score (nSPS) is 21.5. The van der Waals surface area contributed by atoms with Gasteiger partial charge in [0.25, 0.3) is 5.91 Å². The molecule has 0 unspecified atom stereocenters. The van der Waals surface area contributed by atoms with Crippen molar-refractivity contribution in [2.24, 2.45) is 5.92 Å². The predicted molar refractivity (Wildman–Crippen MR) is 96.8 cm³/mol. The number of nitrogens with one attached hydrogen (secondary N) is 2. The number of furan rings is 1. The van der Waals surface area contributed by atoms with Crippen LogP contribution in [-0.4, -0.2) is 42.3 Å². The SMILES string of the molecule is O=C1CN(C(=O)c2ccc(CNC(=O)[C@@H]3C[C@@H]3c3ccco3)cc2)CCN1. The van der Waals surface area contributed by atoms with Crippen LogP contribution in [0.3, 0.4) is 0 Å². The predicted octanol–water partition coefficient (Wildman–Crippen LogP) is 1.27. The van der Waals surface area contributed by atoms with E-state index in [2.05, 4.69) is 10.6 Å². The highest BCUT2D eigenvalue weighted by Crippen LogP contribution is 2.47. The summed E-state index contributed by atoms with van der Waals surface area (Å²) >= 11 is 0. The first-order valence-corrected chi connectivity index (χ1v) is 9.08. The second-order valence-corrected chi connectivity index (χ2v) is 6.96. The molecule has 4 rings (SSSR count). The van der Waals surface area contributed by atoms with Gasteiger partial charge >= 0.3 is 0 Å². The molecule has 27 heavy (non-hydrogen) atoms. The Bertz CT molecular complexity index is 845. The van der Waals surface area contributed by atoms with Crippen LogP contribution in [0.15, 0.2) is 47.1 Å². The van der Waals surface area contributed by atoms with E-state index in [1.807, 2.05) is 24.3 Å². The maximum Gasteiger partial charge on any atom is 0.254 e. The van der Waals surface area contributed by atoms with Gasteiger partial charge in [-0.2, -0.15) is 0 Å². The van der Waals surface area contributed by atoms with Crippen LogP contribution in [-0.2, 0) is 16.1 Å². The molecule has 2 aliphatic rings. The van der Waals surface area contributed by atoms with Gasteiger partial charge in [0.15, 0.2) is 0 Å². The molecule has 1 aromatic carbocycles. The molecule has 2 fully saturated rings. The fourth-order valence-electron chi connectivity index (χ4n) is 3.38. The molecule has 2 heterocycles. The summed E-state index contributed by atoms with van der Waals surface area (Å²) in [5.74, 6) is 0.755. The Morgan fingerprint density at radius 3 is 2.74 bits per heavy atom. The van der Waals surface area contributed by atoms with E-state index < -0.39 is 0 Å². The molecule has 2 N–H and O–H groups in total. The van der Waals surface area contributed by atoms with Gasteiger partial charge in [0.2, 0.25) is 11.8 Å². The average Bonchev–Trinajstić information content (AvgIpc) is 3.31. The van der Waals surface area contributed by atoms with Gasteiger partial charge in [-0.1, -0.05) is 12.1 Å². The summed E-state index contributed by atoms with van der Waals surface area (Å²) in [5.41, 5.74) is 1.46. The fraction of sp³-hybridized carbons (Fsp3) is 0.350. The largest absolute Gasteiger partial charge is 0.469 e. The second kappa shape index (κ2) is 7.26. The van der Waals surface area contributed by atoms with Crippen molar-refractivity contribution in [3.05, 3.63) is 59.5 Å². The Kier molecular flexibility index (Phi) is 4.66.